The first kappa shape index (κ1) is 12.5. The highest BCUT2D eigenvalue weighted by Gasteiger charge is 2.22. The Hall–Kier alpha value is -2.50. The van der Waals surface area contributed by atoms with E-state index in [1.807, 2.05) is 12.1 Å². The Labute approximate surface area is 116 Å². The van der Waals surface area contributed by atoms with Crippen molar-refractivity contribution in [2.75, 3.05) is 19.0 Å². The van der Waals surface area contributed by atoms with Crippen LogP contribution in [0, 0.1) is 0 Å². The lowest BCUT2D eigenvalue weighted by atomic mass is 10.2. The average Bonchev–Trinajstić information content (AvgIpc) is 2.92. The second-order valence-electron chi connectivity index (χ2n) is 4.44. The number of nitrogens with zero attached hydrogens (tertiary/aromatic N) is 2. The van der Waals surface area contributed by atoms with E-state index in [-0.39, 0.29) is 5.91 Å². The normalized spacial score (nSPS) is 13.2. The first-order chi connectivity index (χ1) is 9.79. The summed E-state index contributed by atoms with van der Waals surface area (Å²) in [6, 6.07) is 7.26. The molecule has 1 amide bonds. The highest BCUT2D eigenvalue weighted by atomic mass is 16.5. The minimum atomic E-state index is -0.252. The van der Waals surface area contributed by atoms with Crippen molar-refractivity contribution in [3.63, 3.8) is 0 Å². The molecule has 20 heavy (non-hydrogen) atoms. The number of fused-ring (bicyclic) bond motifs is 1. The standard InChI is InChI=1S/C14H15N3O3/c1-19-12-6-3-2-5-11(12)16-13(18)10-9-15-17-7-4-8-20-14(10)17/h2-3,5-6,9H,4,7-8H2,1H3,(H,16,18). The number of aromatic nitrogens is 2. The van der Waals surface area contributed by atoms with Crippen LogP contribution in [-0.2, 0) is 6.54 Å². The van der Waals surface area contributed by atoms with E-state index in [1.54, 1.807) is 23.9 Å². The monoisotopic (exact) mass is 273 g/mol. The van der Waals surface area contributed by atoms with Gasteiger partial charge in [-0.3, -0.25) is 4.79 Å². The van der Waals surface area contributed by atoms with Gasteiger partial charge in [-0.2, -0.15) is 5.10 Å². The van der Waals surface area contributed by atoms with Crippen LogP contribution in [0.25, 0.3) is 0 Å². The van der Waals surface area contributed by atoms with Crippen LogP contribution in [0.5, 0.6) is 11.6 Å². The molecule has 2 aromatic rings. The molecule has 1 aliphatic heterocycles. The molecular weight excluding hydrogens is 258 g/mol. The molecule has 3 rings (SSSR count). The largest absolute Gasteiger partial charge is 0.495 e. The predicted octanol–water partition coefficient (Wildman–Crippen LogP) is 1.93. The predicted molar refractivity (Wildman–Crippen MR) is 73.3 cm³/mol. The van der Waals surface area contributed by atoms with Crippen molar-refractivity contribution in [2.24, 2.45) is 0 Å². The molecule has 0 fully saturated rings. The van der Waals surface area contributed by atoms with Gasteiger partial charge in [0.1, 0.15) is 11.3 Å². The van der Waals surface area contributed by atoms with Gasteiger partial charge in [-0.15, -0.1) is 0 Å². The fourth-order valence-electron chi connectivity index (χ4n) is 2.16. The van der Waals surface area contributed by atoms with Crippen molar-refractivity contribution in [2.45, 2.75) is 13.0 Å². The summed E-state index contributed by atoms with van der Waals surface area (Å²) in [5, 5.41) is 6.98. The van der Waals surface area contributed by atoms with Gasteiger partial charge >= 0.3 is 0 Å². The number of rotatable bonds is 3. The SMILES string of the molecule is COc1ccccc1NC(=O)c1cnn2c1OCCC2. The molecule has 6 nitrogen and oxygen atoms in total. The van der Waals surface area contributed by atoms with Crippen LogP contribution in [0.4, 0.5) is 5.69 Å². The van der Waals surface area contributed by atoms with Gasteiger partial charge in [0, 0.05) is 13.0 Å². The molecule has 6 heteroatoms. The van der Waals surface area contributed by atoms with E-state index in [2.05, 4.69) is 10.4 Å². The number of methoxy groups -OCH3 is 1. The van der Waals surface area contributed by atoms with Gasteiger partial charge in [0.15, 0.2) is 0 Å². The number of para-hydroxylation sites is 2. The van der Waals surface area contributed by atoms with Crippen LogP contribution >= 0.6 is 0 Å². The van der Waals surface area contributed by atoms with Crippen molar-refractivity contribution in [1.29, 1.82) is 0 Å². The number of anilines is 1. The molecule has 1 aromatic heterocycles. The number of carbonyl (C=O) groups is 1. The topological polar surface area (TPSA) is 65.4 Å². The van der Waals surface area contributed by atoms with E-state index in [9.17, 15) is 4.79 Å². The van der Waals surface area contributed by atoms with E-state index in [0.717, 1.165) is 13.0 Å². The number of aryl methyl sites for hydroxylation is 1. The third-order valence-electron chi connectivity index (χ3n) is 3.14. The second kappa shape index (κ2) is 5.24. The summed E-state index contributed by atoms with van der Waals surface area (Å²) in [6.45, 7) is 1.39. The fourth-order valence-corrected chi connectivity index (χ4v) is 2.16. The van der Waals surface area contributed by atoms with Crippen molar-refractivity contribution in [1.82, 2.24) is 9.78 Å². The lowest BCUT2D eigenvalue weighted by molar-refractivity contribution is 0.102. The number of amides is 1. The van der Waals surface area contributed by atoms with Crippen LogP contribution in [-0.4, -0.2) is 29.4 Å². The van der Waals surface area contributed by atoms with Crippen molar-refractivity contribution < 1.29 is 14.3 Å². The Kier molecular flexibility index (Phi) is 3.28. The number of benzene rings is 1. The van der Waals surface area contributed by atoms with Gasteiger partial charge in [0.2, 0.25) is 5.88 Å². The Morgan fingerprint density at radius 2 is 2.30 bits per heavy atom. The number of ether oxygens (including phenoxy) is 2. The van der Waals surface area contributed by atoms with E-state index in [1.165, 1.54) is 6.20 Å². The maximum atomic E-state index is 12.3. The van der Waals surface area contributed by atoms with Gasteiger partial charge in [0.25, 0.3) is 5.91 Å². The van der Waals surface area contributed by atoms with Crippen molar-refractivity contribution in [3.05, 3.63) is 36.0 Å². The van der Waals surface area contributed by atoms with Crippen LogP contribution in [0.3, 0.4) is 0 Å². The average molecular weight is 273 g/mol. The zero-order valence-corrected chi connectivity index (χ0v) is 11.1. The summed E-state index contributed by atoms with van der Waals surface area (Å²) in [6.07, 6.45) is 2.44. The molecule has 0 saturated heterocycles. The van der Waals surface area contributed by atoms with Crippen molar-refractivity contribution in [3.8, 4) is 11.6 Å². The minimum absolute atomic E-state index is 0.252. The van der Waals surface area contributed by atoms with Gasteiger partial charge in [-0.1, -0.05) is 12.1 Å². The summed E-state index contributed by atoms with van der Waals surface area (Å²) in [5.41, 5.74) is 1.06. The van der Waals surface area contributed by atoms with E-state index in [4.69, 9.17) is 9.47 Å². The smallest absolute Gasteiger partial charge is 0.262 e. The summed E-state index contributed by atoms with van der Waals surface area (Å²) in [4.78, 5) is 12.3. The molecule has 0 radical (unpaired) electrons. The molecule has 1 aromatic carbocycles. The van der Waals surface area contributed by atoms with Crippen LogP contribution in [0.2, 0.25) is 0 Å². The highest BCUT2D eigenvalue weighted by molar-refractivity contribution is 6.06. The molecule has 0 unspecified atom stereocenters. The zero-order chi connectivity index (χ0) is 13.9. The summed E-state index contributed by atoms with van der Waals surface area (Å²) >= 11 is 0. The Bertz CT molecular complexity index is 636. The third-order valence-corrected chi connectivity index (χ3v) is 3.14. The molecule has 0 saturated carbocycles. The quantitative estimate of drug-likeness (QED) is 0.928. The van der Waals surface area contributed by atoms with Crippen molar-refractivity contribution >= 4 is 11.6 Å². The lowest BCUT2D eigenvalue weighted by Crippen LogP contribution is -2.18. The van der Waals surface area contributed by atoms with E-state index < -0.39 is 0 Å². The Balaban J connectivity index is 1.85. The molecule has 0 aliphatic carbocycles. The third kappa shape index (κ3) is 2.20. The van der Waals surface area contributed by atoms with Crippen LogP contribution in [0.15, 0.2) is 30.5 Å². The molecular formula is C14H15N3O3. The molecule has 2 heterocycles. The van der Waals surface area contributed by atoms with Gasteiger partial charge in [-0.25, -0.2) is 4.68 Å². The maximum Gasteiger partial charge on any atom is 0.262 e. The maximum absolute atomic E-state index is 12.3. The first-order valence-corrected chi connectivity index (χ1v) is 6.42. The first-order valence-electron chi connectivity index (χ1n) is 6.42. The summed E-state index contributed by atoms with van der Waals surface area (Å²) < 4.78 is 12.4. The molecule has 1 aliphatic rings. The zero-order valence-electron chi connectivity index (χ0n) is 11.1. The Morgan fingerprint density at radius 1 is 1.45 bits per heavy atom. The van der Waals surface area contributed by atoms with E-state index in [0.29, 0.717) is 29.5 Å². The molecule has 104 valence electrons. The second-order valence-corrected chi connectivity index (χ2v) is 4.44. The molecule has 0 bridgehead atoms. The van der Waals surface area contributed by atoms with Crippen LogP contribution in [0.1, 0.15) is 16.8 Å². The molecule has 1 N–H and O–H groups in total. The van der Waals surface area contributed by atoms with E-state index >= 15 is 0 Å². The molecule has 0 atom stereocenters. The highest BCUT2D eigenvalue weighted by Crippen LogP contribution is 2.26. The van der Waals surface area contributed by atoms with Gasteiger partial charge < -0.3 is 14.8 Å². The summed E-state index contributed by atoms with van der Waals surface area (Å²) in [5.74, 6) is 0.893. The Morgan fingerprint density at radius 3 is 3.15 bits per heavy atom. The van der Waals surface area contributed by atoms with Crippen LogP contribution < -0.4 is 14.8 Å². The number of hydrogen-bond acceptors (Lipinski definition) is 4. The minimum Gasteiger partial charge on any atom is -0.495 e. The molecule has 0 spiro atoms. The van der Waals surface area contributed by atoms with Gasteiger partial charge in [0.05, 0.1) is 25.6 Å². The lowest BCUT2D eigenvalue weighted by Gasteiger charge is -2.16. The fraction of sp³-hybridized carbons (Fsp3) is 0.286. The summed E-state index contributed by atoms with van der Waals surface area (Å²) in [7, 11) is 1.57. The van der Waals surface area contributed by atoms with Gasteiger partial charge in [-0.05, 0) is 12.1 Å². The number of nitrogens with one attached hydrogen (secondary N) is 1. The number of carbonyl (C=O) groups excluding carboxylic acids is 1. The number of hydrogen-bond donors (Lipinski definition) is 1.